The lowest BCUT2D eigenvalue weighted by Crippen LogP contribution is -2.48. The summed E-state index contributed by atoms with van der Waals surface area (Å²) < 4.78 is 0. The fourth-order valence-electron chi connectivity index (χ4n) is 4.38. The minimum Gasteiger partial charge on any atom is -0.508 e. The molecule has 1 N–H and O–H groups in total. The molecule has 0 aliphatic heterocycles. The zero-order chi connectivity index (χ0) is 15.6. The number of carbonyl (C=O) groups is 1. The van der Waals surface area contributed by atoms with E-state index in [0.29, 0.717) is 24.4 Å². The Morgan fingerprint density at radius 1 is 1.23 bits per heavy atom. The van der Waals surface area contributed by atoms with Crippen LogP contribution < -0.4 is 0 Å². The molecule has 3 rings (SSSR count). The van der Waals surface area contributed by atoms with E-state index in [-0.39, 0.29) is 5.54 Å². The molecule has 1 aromatic carbocycles. The topological polar surface area (TPSA) is 40.5 Å². The number of phenolic OH excluding ortho intramolecular Hbond substituents is 1. The molecule has 0 unspecified atom stereocenters. The van der Waals surface area contributed by atoms with Crippen molar-refractivity contribution >= 4 is 5.78 Å². The summed E-state index contributed by atoms with van der Waals surface area (Å²) in [6.45, 7) is 1.10. The number of ketones is 1. The van der Waals surface area contributed by atoms with Crippen LogP contribution in [0, 0.1) is 5.92 Å². The zero-order valence-corrected chi connectivity index (χ0v) is 13.6. The molecule has 0 bridgehead atoms. The fourth-order valence-corrected chi connectivity index (χ4v) is 4.38. The molecule has 22 heavy (non-hydrogen) atoms. The average molecular weight is 301 g/mol. The van der Waals surface area contributed by atoms with Crippen LogP contribution in [0.25, 0.3) is 0 Å². The summed E-state index contributed by atoms with van der Waals surface area (Å²) in [6, 6.07) is 7.65. The quantitative estimate of drug-likeness (QED) is 0.918. The van der Waals surface area contributed by atoms with Gasteiger partial charge in [-0.1, -0.05) is 25.0 Å². The van der Waals surface area contributed by atoms with Gasteiger partial charge in [-0.05, 0) is 56.3 Å². The van der Waals surface area contributed by atoms with E-state index in [9.17, 15) is 9.90 Å². The van der Waals surface area contributed by atoms with E-state index in [4.69, 9.17) is 0 Å². The van der Waals surface area contributed by atoms with Gasteiger partial charge in [0.2, 0.25) is 0 Å². The van der Waals surface area contributed by atoms with E-state index >= 15 is 0 Å². The van der Waals surface area contributed by atoms with Crippen molar-refractivity contribution in [2.75, 3.05) is 13.6 Å². The molecular weight excluding hydrogens is 274 g/mol. The number of nitrogens with zero attached hydrogens (tertiary/aromatic N) is 1. The summed E-state index contributed by atoms with van der Waals surface area (Å²) in [6.07, 6.45) is 8.44. The van der Waals surface area contributed by atoms with Gasteiger partial charge in [-0.2, -0.15) is 0 Å². The second-order valence-corrected chi connectivity index (χ2v) is 7.15. The standard InChI is InChI=1S/C19H27NO2/c1-20(14-15-5-2-3-6-15)19(11-9-17(21)10-12-19)16-7-4-8-18(22)13-16/h4,7-8,13,15,22H,2-3,5-6,9-12,14H2,1H3. The first-order valence-electron chi connectivity index (χ1n) is 8.63. The number of hydrogen-bond acceptors (Lipinski definition) is 3. The van der Waals surface area contributed by atoms with Crippen molar-refractivity contribution < 1.29 is 9.90 Å². The first-order chi connectivity index (χ1) is 10.6. The summed E-state index contributed by atoms with van der Waals surface area (Å²) in [5.74, 6) is 1.49. The van der Waals surface area contributed by atoms with Crippen molar-refractivity contribution in [3.05, 3.63) is 29.8 Å². The van der Waals surface area contributed by atoms with E-state index in [1.54, 1.807) is 6.07 Å². The lowest BCUT2D eigenvalue weighted by Gasteiger charge is -2.46. The number of Topliss-reactive ketones (excluding diaryl/α,β-unsaturated/α-hetero) is 1. The molecule has 2 aliphatic carbocycles. The summed E-state index contributed by atoms with van der Waals surface area (Å²) in [7, 11) is 2.21. The van der Waals surface area contributed by atoms with Gasteiger partial charge in [0.15, 0.2) is 0 Å². The lowest BCUT2D eigenvalue weighted by atomic mass is 9.74. The molecule has 2 fully saturated rings. The predicted molar refractivity (Wildman–Crippen MR) is 87.8 cm³/mol. The summed E-state index contributed by atoms with van der Waals surface area (Å²) >= 11 is 0. The van der Waals surface area contributed by atoms with Gasteiger partial charge in [0.25, 0.3) is 0 Å². The minimum absolute atomic E-state index is 0.0881. The third kappa shape index (κ3) is 3.05. The Bertz CT molecular complexity index is 524. The number of hydrogen-bond donors (Lipinski definition) is 1. The summed E-state index contributed by atoms with van der Waals surface area (Å²) in [5, 5.41) is 9.89. The van der Waals surface area contributed by atoms with Crippen LogP contribution in [-0.2, 0) is 10.3 Å². The van der Waals surface area contributed by atoms with Gasteiger partial charge in [0.1, 0.15) is 11.5 Å². The second-order valence-electron chi connectivity index (χ2n) is 7.15. The Kier molecular flexibility index (Phi) is 4.53. The average Bonchev–Trinajstić information content (AvgIpc) is 3.01. The van der Waals surface area contributed by atoms with Crippen molar-refractivity contribution in [1.29, 1.82) is 0 Å². The molecule has 2 aliphatic rings. The third-order valence-corrected chi connectivity index (χ3v) is 5.76. The molecule has 0 spiro atoms. The van der Waals surface area contributed by atoms with Crippen LogP contribution in [0.3, 0.4) is 0 Å². The molecule has 2 saturated carbocycles. The van der Waals surface area contributed by atoms with Gasteiger partial charge in [-0.25, -0.2) is 0 Å². The molecule has 1 aromatic rings. The van der Waals surface area contributed by atoms with E-state index in [1.165, 1.54) is 31.2 Å². The van der Waals surface area contributed by atoms with E-state index in [2.05, 4.69) is 18.0 Å². The number of carbonyl (C=O) groups excluding carboxylic acids is 1. The molecular formula is C19H27NO2. The Morgan fingerprint density at radius 3 is 2.55 bits per heavy atom. The summed E-state index contributed by atoms with van der Waals surface area (Å²) in [5.41, 5.74) is 1.08. The number of aromatic hydroxyl groups is 1. The predicted octanol–water partition coefficient (Wildman–Crippen LogP) is 3.85. The Hall–Kier alpha value is -1.35. The van der Waals surface area contributed by atoms with Gasteiger partial charge in [-0.15, -0.1) is 0 Å². The molecule has 0 saturated heterocycles. The largest absolute Gasteiger partial charge is 0.508 e. The van der Waals surface area contributed by atoms with Crippen LogP contribution in [0.4, 0.5) is 0 Å². The highest BCUT2D eigenvalue weighted by atomic mass is 16.3. The third-order valence-electron chi connectivity index (χ3n) is 5.76. The summed E-state index contributed by atoms with van der Waals surface area (Å²) in [4.78, 5) is 14.2. The van der Waals surface area contributed by atoms with Crippen molar-refractivity contribution in [2.45, 2.75) is 56.9 Å². The maximum atomic E-state index is 11.7. The number of rotatable bonds is 4. The molecule has 0 amide bonds. The van der Waals surface area contributed by atoms with E-state index < -0.39 is 0 Å². The van der Waals surface area contributed by atoms with Gasteiger partial charge < -0.3 is 5.11 Å². The van der Waals surface area contributed by atoms with E-state index in [0.717, 1.165) is 25.3 Å². The number of benzene rings is 1. The SMILES string of the molecule is CN(CC1CCCC1)C1(c2cccc(O)c2)CCC(=O)CC1. The lowest BCUT2D eigenvalue weighted by molar-refractivity contribution is -0.123. The van der Waals surface area contributed by atoms with Crippen LogP contribution in [0.5, 0.6) is 5.75 Å². The zero-order valence-electron chi connectivity index (χ0n) is 13.6. The van der Waals surface area contributed by atoms with Crippen LogP contribution in [0.2, 0.25) is 0 Å². The fraction of sp³-hybridized carbons (Fsp3) is 0.632. The van der Waals surface area contributed by atoms with Crippen molar-refractivity contribution in [3.63, 3.8) is 0 Å². The Balaban J connectivity index is 1.86. The van der Waals surface area contributed by atoms with Crippen LogP contribution in [-0.4, -0.2) is 29.4 Å². The molecule has 3 heteroatoms. The monoisotopic (exact) mass is 301 g/mol. The Labute approximate surface area is 133 Å². The number of phenols is 1. The smallest absolute Gasteiger partial charge is 0.133 e. The van der Waals surface area contributed by atoms with Crippen molar-refractivity contribution in [2.24, 2.45) is 5.92 Å². The molecule has 0 aromatic heterocycles. The van der Waals surface area contributed by atoms with Crippen LogP contribution in [0.15, 0.2) is 24.3 Å². The van der Waals surface area contributed by atoms with Crippen LogP contribution in [0.1, 0.15) is 56.9 Å². The van der Waals surface area contributed by atoms with E-state index in [1.807, 2.05) is 12.1 Å². The van der Waals surface area contributed by atoms with Crippen molar-refractivity contribution in [3.8, 4) is 5.75 Å². The first kappa shape index (κ1) is 15.5. The Morgan fingerprint density at radius 2 is 1.91 bits per heavy atom. The normalized spacial score (nSPS) is 22.4. The molecule has 0 radical (unpaired) electrons. The maximum absolute atomic E-state index is 11.7. The minimum atomic E-state index is -0.0881. The first-order valence-corrected chi connectivity index (χ1v) is 8.63. The van der Waals surface area contributed by atoms with Gasteiger partial charge >= 0.3 is 0 Å². The molecule has 3 nitrogen and oxygen atoms in total. The van der Waals surface area contributed by atoms with Gasteiger partial charge in [-0.3, -0.25) is 9.69 Å². The van der Waals surface area contributed by atoms with Gasteiger partial charge in [0.05, 0.1) is 0 Å². The highest BCUT2D eigenvalue weighted by molar-refractivity contribution is 5.79. The van der Waals surface area contributed by atoms with Crippen molar-refractivity contribution in [1.82, 2.24) is 4.90 Å². The maximum Gasteiger partial charge on any atom is 0.133 e. The van der Waals surface area contributed by atoms with Gasteiger partial charge in [0, 0.05) is 24.9 Å². The highest BCUT2D eigenvalue weighted by Crippen LogP contribution is 2.42. The highest BCUT2D eigenvalue weighted by Gasteiger charge is 2.40. The second kappa shape index (κ2) is 6.41. The van der Waals surface area contributed by atoms with Crippen LogP contribution >= 0.6 is 0 Å². The molecule has 0 atom stereocenters. The molecule has 120 valence electrons. The molecule has 0 heterocycles.